The molecule has 0 spiro atoms. The molecule has 1 heterocycles. The maximum Gasteiger partial charge on any atom is 0.311 e. The lowest BCUT2D eigenvalue weighted by Gasteiger charge is -2.09. The van der Waals surface area contributed by atoms with Crippen molar-refractivity contribution in [1.29, 1.82) is 0 Å². The number of ether oxygens (including phenoxy) is 2. The molecule has 0 bridgehead atoms. The highest BCUT2D eigenvalue weighted by Gasteiger charge is 2.10. The number of esters is 1. The molecule has 4 nitrogen and oxygen atoms in total. The maximum atomic E-state index is 11.9. The highest BCUT2D eigenvalue weighted by Crippen LogP contribution is 2.23. The molecule has 0 amide bonds. The van der Waals surface area contributed by atoms with Gasteiger partial charge < -0.3 is 9.47 Å². The van der Waals surface area contributed by atoms with Crippen molar-refractivity contribution in [2.24, 2.45) is 5.92 Å². The Bertz CT molecular complexity index is 740. The van der Waals surface area contributed by atoms with Gasteiger partial charge in [0, 0.05) is 12.0 Å². The number of rotatable bonds is 15. The molecule has 31 heavy (non-hydrogen) atoms. The van der Waals surface area contributed by atoms with Crippen LogP contribution in [0.25, 0.3) is 11.3 Å². The van der Waals surface area contributed by atoms with Gasteiger partial charge in [0.25, 0.3) is 0 Å². The van der Waals surface area contributed by atoms with E-state index in [9.17, 15) is 4.79 Å². The third-order valence-electron chi connectivity index (χ3n) is 5.60. The number of carbonyl (C=O) groups excluding carboxylic acids is 1. The number of hydrogen-bond donors (Lipinski definition) is 0. The van der Waals surface area contributed by atoms with Gasteiger partial charge in [-0.05, 0) is 48.7 Å². The fourth-order valence-electron chi connectivity index (χ4n) is 3.36. The van der Waals surface area contributed by atoms with Crippen LogP contribution in [-0.2, 0) is 4.79 Å². The van der Waals surface area contributed by atoms with Crippen LogP contribution in [0.5, 0.6) is 11.5 Å². The van der Waals surface area contributed by atoms with E-state index in [-0.39, 0.29) is 5.97 Å². The molecule has 0 saturated carbocycles. The molecule has 0 aliphatic carbocycles. The molecule has 170 valence electrons. The first-order valence-electron chi connectivity index (χ1n) is 12.0. The van der Waals surface area contributed by atoms with Crippen molar-refractivity contribution in [3.63, 3.8) is 0 Å². The van der Waals surface area contributed by atoms with Crippen LogP contribution in [0, 0.1) is 5.92 Å². The third kappa shape index (κ3) is 9.99. The van der Waals surface area contributed by atoms with Gasteiger partial charge in [-0.15, -0.1) is 0 Å². The van der Waals surface area contributed by atoms with Gasteiger partial charge >= 0.3 is 5.97 Å². The van der Waals surface area contributed by atoms with Gasteiger partial charge in [0.2, 0.25) is 0 Å². The molecule has 0 aliphatic rings. The highest BCUT2D eigenvalue weighted by molar-refractivity contribution is 5.73. The Morgan fingerprint density at radius 3 is 2.13 bits per heavy atom. The number of pyridine rings is 1. The maximum absolute atomic E-state index is 11.9. The standard InChI is InChI=1S/C27H39NO3/c1-4-6-7-8-9-10-11-12-19-30-25-17-18-26(28-21-25)23-13-15-24(16-14-23)31-27(29)20-22(3)5-2/h13-18,21-22H,4-12,19-20H2,1-3H3. The second kappa shape index (κ2) is 14.6. The van der Waals surface area contributed by atoms with Crippen LogP contribution >= 0.6 is 0 Å². The largest absolute Gasteiger partial charge is 0.492 e. The van der Waals surface area contributed by atoms with Crippen molar-refractivity contribution in [2.75, 3.05) is 6.61 Å². The molecular formula is C27H39NO3. The number of unbranched alkanes of at least 4 members (excludes halogenated alkanes) is 7. The molecule has 1 atom stereocenters. The lowest BCUT2D eigenvalue weighted by Crippen LogP contribution is -2.11. The fourth-order valence-corrected chi connectivity index (χ4v) is 3.36. The zero-order chi connectivity index (χ0) is 22.3. The van der Waals surface area contributed by atoms with Gasteiger partial charge in [0.15, 0.2) is 0 Å². The van der Waals surface area contributed by atoms with Crippen molar-refractivity contribution in [3.8, 4) is 22.8 Å². The Morgan fingerprint density at radius 2 is 1.52 bits per heavy atom. The number of hydrogen-bond acceptors (Lipinski definition) is 4. The Balaban J connectivity index is 1.70. The van der Waals surface area contributed by atoms with E-state index in [2.05, 4.69) is 25.8 Å². The number of nitrogens with zero attached hydrogens (tertiary/aromatic N) is 1. The Morgan fingerprint density at radius 1 is 0.871 bits per heavy atom. The summed E-state index contributed by atoms with van der Waals surface area (Å²) in [6.45, 7) is 7.13. The molecule has 0 saturated heterocycles. The second-order valence-corrected chi connectivity index (χ2v) is 8.42. The van der Waals surface area contributed by atoms with Crippen molar-refractivity contribution in [3.05, 3.63) is 42.6 Å². The normalized spacial score (nSPS) is 11.8. The molecule has 0 aliphatic heterocycles. The lowest BCUT2D eigenvalue weighted by atomic mass is 10.1. The first kappa shape index (κ1) is 24.9. The molecule has 0 N–H and O–H groups in total. The van der Waals surface area contributed by atoms with Gasteiger partial charge in [-0.25, -0.2) is 0 Å². The minimum Gasteiger partial charge on any atom is -0.492 e. The van der Waals surface area contributed by atoms with Gasteiger partial charge in [-0.1, -0.05) is 72.1 Å². The summed E-state index contributed by atoms with van der Waals surface area (Å²) in [6, 6.07) is 11.4. The van der Waals surface area contributed by atoms with Crippen LogP contribution < -0.4 is 9.47 Å². The van der Waals surface area contributed by atoms with E-state index in [0.29, 0.717) is 18.1 Å². The fraction of sp³-hybridized carbons (Fsp3) is 0.556. The predicted octanol–water partition coefficient (Wildman–Crippen LogP) is 7.61. The SMILES string of the molecule is CCCCCCCCCCOc1ccc(-c2ccc(OC(=O)CC(C)CC)cc2)nc1. The summed E-state index contributed by atoms with van der Waals surface area (Å²) in [6.07, 6.45) is 13.6. The van der Waals surface area contributed by atoms with Crippen LogP contribution in [0.15, 0.2) is 42.6 Å². The van der Waals surface area contributed by atoms with E-state index in [0.717, 1.165) is 36.5 Å². The van der Waals surface area contributed by atoms with Gasteiger partial charge in [0.05, 0.1) is 18.5 Å². The molecule has 1 aromatic heterocycles. The zero-order valence-electron chi connectivity index (χ0n) is 19.6. The first-order valence-corrected chi connectivity index (χ1v) is 12.0. The summed E-state index contributed by atoms with van der Waals surface area (Å²) in [5.74, 6) is 1.54. The van der Waals surface area contributed by atoms with Gasteiger partial charge in [-0.2, -0.15) is 0 Å². The molecule has 1 aromatic carbocycles. The number of benzene rings is 1. The van der Waals surface area contributed by atoms with Crippen LogP contribution in [0.1, 0.15) is 85.0 Å². The van der Waals surface area contributed by atoms with Crippen LogP contribution in [-0.4, -0.2) is 17.6 Å². The molecule has 2 rings (SSSR count). The Kier molecular flexibility index (Phi) is 11.7. The van der Waals surface area contributed by atoms with Crippen LogP contribution in [0.3, 0.4) is 0 Å². The molecule has 2 aromatic rings. The highest BCUT2D eigenvalue weighted by atomic mass is 16.5. The molecule has 4 heteroatoms. The van der Waals surface area contributed by atoms with Crippen molar-refractivity contribution in [2.45, 2.75) is 85.0 Å². The molecule has 0 radical (unpaired) electrons. The summed E-state index contributed by atoms with van der Waals surface area (Å²) in [5.41, 5.74) is 1.85. The molecule has 0 fully saturated rings. The Hall–Kier alpha value is -2.36. The van der Waals surface area contributed by atoms with Gasteiger partial charge in [-0.3, -0.25) is 9.78 Å². The lowest BCUT2D eigenvalue weighted by molar-refractivity contribution is -0.135. The average Bonchev–Trinajstić information content (AvgIpc) is 2.79. The second-order valence-electron chi connectivity index (χ2n) is 8.42. The van der Waals surface area contributed by atoms with Crippen molar-refractivity contribution >= 4 is 5.97 Å². The number of aromatic nitrogens is 1. The third-order valence-corrected chi connectivity index (χ3v) is 5.60. The summed E-state index contributed by atoms with van der Waals surface area (Å²) in [7, 11) is 0. The summed E-state index contributed by atoms with van der Waals surface area (Å²) in [5, 5.41) is 0. The summed E-state index contributed by atoms with van der Waals surface area (Å²) >= 11 is 0. The average molecular weight is 426 g/mol. The summed E-state index contributed by atoms with van der Waals surface area (Å²) < 4.78 is 11.2. The zero-order valence-corrected chi connectivity index (χ0v) is 19.6. The monoisotopic (exact) mass is 425 g/mol. The van der Waals surface area contributed by atoms with E-state index in [1.807, 2.05) is 36.4 Å². The quantitative estimate of drug-likeness (QED) is 0.167. The number of carbonyl (C=O) groups is 1. The topological polar surface area (TPSA) is 48.4 Å². The Labute approximate surface area is 188 Å². The van der Waals surface area contributed by atoms with E-state index in [1.54, 1.807) is 6.20 Å². The predicted molar refractivity (Wildman–Crippen MR) is 127 cm³/mol. The smallest absolute Gasteiger partial charge is 0.311 e. The minimum atomic E-state index is -0.182. The van der Waals surface area contributed by atoms with Gasteiger partial charge in [0.1, 0.15) is 11.5 Å². The van der Waals surface area contributed by atoms with E-state index in [4.69, 9.17) is 9.47 Å². The van der Waals surface area contributed by atoms with Crippen molar-refractivity contribution in [1.82, 2.24) is 4.98 Å². The first-order chi connectivity index (χ1) is 15.1. The van der Waals surface area contributed by atoms with Crippen LogP contribution in [0.2, 0.25) is 0 Å². The molecular weight excluding hydrogens is 386 g/mol. The summed E-state index contributed by atoms with van der Waals surface area (Å²) in [4.78, 5) is 16.4. The minimum absolute atomic E-state index is 0.182. The van der Waals surface area contributed by atoms with E-state index < -0.39 is 0 Å². The van der Waals surface area contributed by atoms with E-state index >= 15 is 0 Å². The molecule has 1 unspecified atom stereocenters. The van der Waals surface area contributed by atoms with Crippen LogP contribution in [0.4, 0.5) is 0 Å². The van der Waals surface area contributed by atoms with E-state index in [1.165, 1.54) is 44.9 Å². The van der Waals surface area contributed by atoms with Crippen molar-refractivity contribution < 1.29 is 14.3 Å².